The van der Waals surface area contributed by atoms with Crippen LogP contribution in [0.4, 0.5) is 0 Å². The maximum atomic E-state index is 11.8. The minimum atomic E-state index is -0.129. The van der Waals surface area contributed by atoms with Crippen LogP contribution in [0.3, 0.4) is 0 Å². The van der Waals surface area contributed by atoms with Gasteiger partial charge in [0, 0.05) is 26.7 Å². The van der Waals surface area contributed by atoms with E-state index in [9.17, 15) is 4.79 Å². The van der Waals surface area contributed by atoms with Crippen molar-refractivity contribution in [3.63, 3.8) is 0 Å². The number of nitrogens with one attached hydrogen (secondary N) is 1. The maximum absolute atomic E-state index is 11.8. The molecule has 2 unspecified atom stereocenters. The molecular formula is C18H27N3O2. The molecule has 1 aromatic rings. The molecule has 1 fully saturated rings. The molecule has 0 aromatic heterocycles. The third-order valence-corrected chi connectivity index (χ3v) is 4.57. The number of hydrogen-bond acceptors (Lipinski definition) is 3. The Kier molecular flexibility index (Phi) is 6.02. The highest BCUT2D eigenvalue weighted by molar-refractivity contribution is 5.82. The van der Waals surface area contributed by atoms with Gasteiger partial charge in [0.15, 0.2) is 5.96 Å². The van der Waals surface area contributed by atoms with Crippen LogP contribution in [-0.4, -0.2) is 50.6 Å². The Labute approximate surface area is 138 Å². The van der Waals surface area contributed by atoms with Crippen LogP contribution < -0.4 is 5.32 Å². The van der Waals surface area contributed by atoms with E-state index in [0.717, 1.165) is 25.5 Å². The molecular weight excluding hydrogens is 290 g/mol. The van der Waals surface area contributed by atoms with Crippen LogP contribution in [0.25, 0.3) is 0 Å². The zero-order chi connectivity index (χ0) is 16.8. The summed E-state index contributed by atoms with van der Waals surface area (Å²) in [5.41, 5.74) is 2.66. The molecule has 5 nitrogen and oxygen atoms in total. The van der Waals surface area contributed by atoms with Gasteiger partial charge in [-0.25, -0.2) is 0 Å². The van der Waals surface area contributed by atoms with Gasteiger partial charge in [-0.15, -0.1) is 0 Å². The monoisotopic (exact) mass is 317 g/mol. The number of benzene rings is 1. The van der Waals surface area contributed by atoms with Gasteiger partial charge < -0.3 is 15.0 Å². The van der Waals surface area contributed by atoms with Gasteiger partial charge in [0.05, 0.1) is 13.0 Å². The van der Waals surface area contributed by atoms with Crippen molar-refractivity contribution < 1.29 is 9.53 Å². The molecule has 0 bridgehead atoms. The summed E-state index contributed by atoms with van der Waals surface area (Å²) in [5.74, 6) is 0.930. The molecule has 0 spiro atoms. The van der Waals surface area contributed by atoms with E-state index in [2.05, 4.69) is 53.3 Å². The predicted octanol–water partition coefficient (Wildman–Crippen LogP) is 1.85. The standard InChI is InChI=1S/C18H27N3O2/c1-13-7-5-6-8-15(13)9-10-20-18(19-3)21-11-14(2)16(12-21)17(22)23-4/h5-8,14,16H,9-12H2,1-4H3,(H,19,20). The van der Waals surface area contributed by atoms with E-state index in [0.29, 0.717) is 6.54 Å². The minimum absolute atomic E-state index is 0.0742. The number of hydrogen-bond donors (Lipinski definition) is 1. The molecule has 0 amide bonds. The SMILES string of the molecule is CN=C(NCCc1ccccc1C)N1CC(C)C(C(=O)OC)C1. The van der Waals surface area contributed by atoms with Gasteiger partial charge in [-0.3, -0.25) is 9.79 Å². The number of esters is 1. The van der Waals surface area contributed by atoms with E-state index in [-0.39, 0.29) is 17.8 Å². The van der Waals surface area contributed by atoms with Crippen LogP contribution in [0.5, 0.6) is 0 Å². The molecule has 1 heterocycles. The molecule has 0 aliphatic carbocycles. The number of carbonyl (C=O) groups excluding carboxylic acids is 1. The number of carbonyl (C=O) groups is 1. The molecule has 2 rings (SSSR count). The molecule has 2 atom stereocenters. The fourth-order valence-electron chi connectivity index (χ4n) is 3.13. The molecule has 1 aliphatic rings. The Morgan fingerprint density at radius 1 is 1.39 bits per heavy atom. The second-order valence-corrected chi connectivity index (χ2v) is 6.16. The average Bonchev–Trinajstić information content (AvgIpc) is 2.94. The second-order valence-electron chi connectivity index (χ2n) is 6.16. The first kappa shape index (κ1) is 17.3. The quantitative estimate of drug-likeness (QED) is 0.523. The topological polar surface area (TPSA) is 53.9 Å². The normalized spacial score (nSPS) is 21.4. The molecule has 126 valence electrons. The molecule has 1 aliphatic heterocycles. The van der Waals surface area contributed by atoms with Gasteiger partial charge in [-0.1, -0.05) is 31.2 Å². The summed E-state index contributed by atoms with van der Waals surface area (Å²) in [6.45, 7) is 6.53. The van der Waals surface area contributed by atoms with E-state index in [1.54, 1.807) is 7.05 Å². The second kappa shape index (κ2) is 7.99. The van der Waals surface area contributed by atoms with E-state index in [1.807, 2.05) is 0 Å². The lowest BCUT2D eigenvalue weighted by Crippen LogP contribution is -2.41. The third kappa shape index (κ3) is 4.24. The Morgan fingerprint density at radius 2 is 2.13 bits per heavy atom. The van der Waals surface area contributed by atoms with Crippen LogP contribution in [0.15, 0.2) is 29.3 Å². The van der Waals surface area contributed by atoms with Crippen molar-refractivity contribution >= 4 is 11.9 Å². The smallest absolute Gasteiger partial charge is 0.310 e. The first-order chi connectivity index (χ1) is 11.1. The lowest BCUT2D eigenvalue weighted by molar-refractivity contribution is -0.145. The molecule has 0 radical (unpaired) electrons. The minimum Gasteiger partial charge on any atom is -0.469 e. The van der Waals surface area contributed by atoms with Crippen LogP contribution in [0, 0.1) is 18.8 Å². The predicted molar refractivity (Wildman–Crippen MR) is 92.5 cm³/mol. The van der Waals surface area contributed by atoms with Crippen molar-refractivity contribution in [3.8, 4) is 0 Å². The Balaban J connectivity index is 1.89. The lowest BCUT2D eigenvalue weighted by Gasteiger charge is -2.21. The molecule has 23 heavy (non-hydrogen) atoms. The number of likely N-dealkylation sites (tertiary alicyclic amines) is 1. The van der Waals surface area contributed by atoms with Crippen LogP contribution >= 0.6 is 0 Å². The number of nitrogens with zero attached hydrogens (tertiary/aromatic N) is 2. The van der Waals surface area contributed by atoms with Crippen molar-refractivity contribution in [2.75, 3.05) is 33.8 Å². The fraction of sp³-hybridized carbons (Fsp3) is 0.556. The summed E-state index contributed by atoms with van der Waals surface area (Å²) in [6.07, 6.45) is 0.954. The van der Waals surface area contributed by atoms with Crippen molar-refractivity contribution in [2.24, 2.45) is 16.8 Å². The van der Waals surface area contributed by atoms with E-state index >= 15 is 0 Å². The zero-order valence-electron chi connectivity index (χ0n) is 14.5. The molecule has 5 heteroatoms. The van der Waals surface area contributed by atoms with Gasteiger partial charge in [0.2, 0.25) is 0 Å². The fourth-order valence-corrected chi connectivity index (χ4v) is 3.13. The van der Waals surface area contributed by atoms with Crippen molar-refractivity contribution in [2.45, 2.75) is 20.3 Å². The van der Waals surface area contributed by atoms with Crippen LogP contribution in [-0.2, 0) is 16.0 Å². The van der Waals surface area contributed by atoms with Crippen LogP contribution in [0.2, 0.25) is 0 Å². The Hall–Kier alpha value is -2.04. The maximum Gasteiger partial charge on any atom is 0.310 e. The number of aryl methyl sites for hydroxylation is 1. The van der Waals surface area contributed by atoms with Gasteiger partial charge in [0.25, 0.3) is 0 Å². The molecule has 0 saturated carbocycles. The molecule has 1 saturated heterocycles. The number of ether oxygens (including phenoxy) is 1. The van der Waals surface area contributed by atoms with E-state index in [1.165, 1.54) is 18.2 Å². The third-order valence-electron chi connectivity index (χ3n) is 4.57. The Morgan fingerprint density at radius 3 is 2.78 bits per heavy atom. The van der Waals surface area contributed by atoms with Crippen molar-refractivity contribution in [3.05, 3.63) is 35.4 Å². The summed E-state index contributed by atoms with van der Waals surface area (Å²) in [6, 6.07) is 8.42. The first-order valence-electron chi connectivity index (χ1n) is 8.14. The van der Waals surface area contributed by atoms with E-state index in [4.69, 9.17) is 4.74 Å². The highest BCUT2D eigenvalue weighted by Crippen LogP contribution is 2.24. The summed E-state index contributed by atoms with van der Waals surface area (Å²) in [4.78, 5) is 18.3. The van der Waals surface area contributed by atoms with E-state index < -0.39 is 0 Å². The lowest BCUT2D eigenvalue weighted by atomic mass is 9.99. The van der Waals surface area contributed by atoms with Crippen molar-refractivity contribution in [1.29, 1.82) is 0 Å². The summed E-state index contributed by atoms with van der Waals surface area (Å²) in [5, 5.41) is 3.41. The average molecular weight is 317 g/mol. The highest BCUT2D eigenvalue weighted by Gasteiger charge is 2.36. The number of guanidine groups is 1. The number of rotatable bonds is 4. The molecule has 1 aromatic carbocycles. The largest absolute Gasteiger partial charge is 0.469 e. The molecule has 1 N–H and O–H groups in total. The summed E-state index contributed by atoms with van der Waals surface area (Å²) >= 11 is 0. The van der Waals surface area contributed by atoms with Gasteiger partial charge in [-0.2, -0.15) is 0 Å². The number of aliphatic imine (C=N–C) groups is 1. The highest BCUT2D eigenvalue weighted by atomic mass is 16.5. The summed E-state index contributed by atoms with van der Waals surface area (Å²) in [7, 11) is 3.24. The van der Waals surface area contributed by atoms with Crippen LogP contribution in [0.1, 0.15) is 18.1 Å². The zero-order valence-corrected chi connectivity index (χ0v) is 14.5. The van der Waals surface area contributed by atoms with Gasteiger partial charge in [-0.05, 0) is 30.4 Å². The van der Waals surface area contributed by atoms with Crippen molar-refractivity contribution in [1.82, 2.24) is 10.2 Å². The van der Waals surface area contributed by atoms with Gasteiger partial charge >= 0.3 is 5.97 Å². The van der Waals surface area contributed by atoms with Gasteiger partial charge in [0.1, 0.15) is 0 Å². The Bertz CT molecular complexity index is 571. The summed E-state index contributed by atoms with van der Waals surface area (Å²) < 4.78 is 4.89. The first-order valence-corrected chi connectivity index (χ1v) is 8.14. The number of methoxy groups -OCH3 is 1.